The van der Waals surface area contributed by atoms with Gasteiger partial charge in [0.25, 0.3) is 11.8 Å². The Kier molecular flexibility index (Phi) is 7.67. The van der Waals surface area contributed by atoms with Crippen molar-refractivity contribution in [3.8, 4) is 17.2 Å². The fourth-order valence-corrected chi connectivity index (χ4v) is 4.63. The van der Waals surface area contributed by atoms with E-state index in [4.69, 9.17) is 14.2 Å². The van der Waals surface area contributed by atoms with Crippen LogP contribution in [0.2, 0.25) is 0 Å². The first-order chi connectivity index (χ1) is 18.9. The molecule has 1 saturated heterocycles. The van der Waals surface area contributed by atoms with Gasteiger partial charge in [-0.2, -0.15) is 5.10 Å². The molecular formula is C28H31N5O6. The lowest BCUT2D eigenvalue weighted by molar-refractivity contribution is -0.130. The maximum atomic E-state index is 13.3. The molecule has 204 valence electrons. The highest BCUT2D eigenvalue weighted by Crippen LogP contribution is 2.28. The van der Waals surface area contributed by atoms with Crippen molar-refractivity contribution in [2.45, 2.75) is 38.6 Å². The van der Waals surface area contributed by atoms with Crippen LogP contribution in [-0.2, 0) is 22.7 Å². The Morgan fingerprint density at radius 1 is 1.15 bits per heavy atom. The normalized spacial score (nSPS) is 19.3. The number of hydrogen-bond acceptors (Lipinski definition) is 7. The fraction of sp³-hybridized carbons (Fsp3) is 0.357. The molecule has 2 N–H and O–H groups in total. The number of aryl methyl sites for hydroxylation is 2. The summed E-state index contributed by atoms with van der Waals surface area (Å²) in [6.45, 7) is 3.15. The topological polar surface area (TPSA) is 124 Å². The Morgan fingerprint density at radius 2 is 1.97 bits per heavy atom. The average Bonchev–Trinajstić information content (AvgIpc) is 3.54. The van der Waals surface area contributed by atoms with Crippen LogP contribution in [0.4, 0.5) is 0 Å². The summed E-state index contributed by atoms with van der Waals surface area (Å²) in [6, 6.07) is 11.7. The Bertz CT molecular complexity index is 1350. The lowest BCUT2D eigenvalue weighted by atomic mass is 10.1. The summed E-state index contributed by atoms with van der Waals surface area (Å²) in [5, 5.41) is 10.1. The van der Waals surface area contributed by atoms with E-state index in [1.807, 2.05) is 37.4 Å². The molecule has 0 unspecified atom stereocenters. The third-order valence-corrected chi connectivity index (χ3v) is 6.74. The van der Waals surface area contributed by atoms with Gasteiger partial charge >= 0.3 is 0 Å². The molecule has 11 heteroatoms. The largest absolute Gasteiger partial charge is 0.493 e. The Balaban J connectivity index is 1.37. The highest BCUT2D eigenvalue weighted by atomic mass is 16.5. The molecule has 3 amide bonds. The SMILES string of the molecule is COc1ccc2cc1OCC(=O)NCc1ccc(cc1)O[C@H]1CN(C(=O)CCn3cc(C)cn3)C[C@@H]1NC2=O. The number of fused-ring (bicyclic) bond motifs is 7. The minimum absolute atomic E-state index is 0.0399. The zero-order valence-electron chi connectivity index (χ0n) is 21.9. The molecule has 0 radical (unpaired) electrons. The zero-order valence-corrected chi connectivity index (χ0v) is 21.9. The van der Waals surface area contributed by atoms with Crippen LogP contribution in [0.25, 0.3) is 0 Å². The van der Waals surface area contributed by atoms with Gasteiger partial charge in [0.1, 0.15) is 11.9 Å². The lowest BCUT2D eigenvalue weighted by Gasteiger charge is -2.21. The molecule has 4 bridgehead atoms. The van der Waals surface area contributed by atoms with Gasteiger partial charge in [-0.05, 0) is 48.4 Å². The molecule has 2 aromatic carbocycles. The van der Waals surface area contributed by atoms with Crippen molar-refractivity contribution in [3.05, 3.63) is 71.5 Å². The van der Waals surface area contributed by atoms with Crippen LogP contribution < -0.4 is 24.8 Å². The maximum Gasteiger partial charge on any atom is 0.258 e. The molecule has 3 aliphatic rings. The van der Waals surface area contributed by atoms with Crippen LogP contribution in [0.5, 0.6) is 17.2 Å². The molecule has 39 heavy (non-hydrogen) atoms. The van der Waals surface area contributed by atoms with Gasteiger partial charge in [-0.1, -0.05) is 12.1 Å². The van der Waals surface area contributed by atoms with E-state index in [0.29, 0.717) is 43.2 Å². The van der Waals surface area contributed by atoms with Crippen LogP contribution >= 0.6 is 0 Å². The van der Waals surface area contributed by atoms with E-state index in [1.165, 1.54) is 13.2 Å². The van der Waals surface area contributed by atoms with E-state index >= 15 is 0 Å². The van der Waals surface area contributed by atoms with Gasteiger partial charge in [-0.15, -0.1) is 0 Å². The summed E-state index contributed by atoms with van der Waals surface area (Å²) in [5.74, 6) is 0.583. The van der Waals surface area contributed by atoms with Crippen molar-refractivity contribution in [2.75, 3.05) is 26.8 Å². The summed E-state index contributed by atoms with van der Waals surface area (Å²) in [5.41, 5.74) is 2.25. The molecule has 3 aliphatic heterocycles. The number of ether oxygens (including phenoxy) is 3. The van der Waals surface area contributed by atoms with E-state index in [-0.39, 0.29) is 36.5 Å². The first kappa shape index (κ1) is 26.1. The number of nitrogens with zero attached hydrogens (tertiary/aromatic N) is 3. The number of nitrogens with one attached hydrogen (secondary N) is 2. The van der Waals surface area contributed by atoms with Crippen molar-refractivity contribution in [2.24, 2.45) is 0 Å². The number of rotatable bonds is 4. The summed E-state index contributed by atoms with van der Waals surface area (Å²) in [6.07, 6.45) is 3.48. The number of methoxy groups -OCH3 is 1. The average molecular weight is 534 g/mol. The van der Waals surface area contributed by atoms with Gasteiger partial charge in [0.2, 0.25) is 5.91 Å². The minimum Gasteiger partial charge on any atom is -0.493 e. The molecule has 4 heterocycles. The number of likely N-dealkylation sites (tertiary alicyclic amines) is 1. The van der Waals surface area contributed by atoms with Gasteiger partial charge in [0.15, 0.2) is 18.1 Å². The van der Waals surface area contributed by atoms with Gasteiger partial charge in [-0.25, -0.2) is 0 Å². The number of aromatic nitrogens is 2. The second kappa shape index (κ2) is 11.5. The first-order valence-corrected chi connectivity index (χ1v) is 12.8. The van der Waals surface area contributed by atoms with Crippen LogP contribution in [0.3, 0.4) is 0 Å². The van der Waals surface area contributed by atoms with E-state index in [2.05, 4.69) is 15.7 Å². The van der Waals surface area contributed by atoms with Crippen molar-refractivity contribution < 1.29 is 28.6 Å². The Labute approximate surface area is 226 Å². The molecular weight excluding hydrogens is 502 g/mol. The number of carbonyl (C=O) groups is 3. The molecule has 2 atom stereocenters. The van der Waals surface area contributed by atoms with Crippen molar-refractivity contribution in [1.29, 1.82) is 0 Å². The maximum absolute atomic E-state index is 13.3. The molecule has 11 nitrogen and oxygen atoms in total. The van der Waals surface area contributed by atoms with Crippen LogP contribution in [-0.4, -0.2) is 71.4 Å². The Morgan fingerprint density at radius 3 is 2.72 bits per heavy atom. The second-order valence-corrected chi connectivity index (χ2v) is 9.64. The smallest absolute Gasteiger partial charge is 0.258 e. The van der Waals surface area contributed by atoms with Gasteiger partial charge in [0.05, 0.1) is 25.9 Å². The van der Waals surface area contributed by atoms with E-state index in [0.717, 1.165) is 11.1 Å². The predicted octanol–water partition coefficient (Wildman–Crippen LogP) is 1.69. The van der Waals surface area contributed by atoms with Crippen LogP contribution in [0.15, 0.2) is 54.9 Å². The molecule has 3 aromatic rings. The van der Waals surface area contributed by atoms with Gasteiger partial charge in [-0.3, -0.25) is 19.1 Å². The number of benzene rings is 2. The molecule has 0 saturated carbocycles. The third-order valence-electron chi connectivity index (χ3n) is 6.74. The summed E-state index contributed by atoms with van der Waals surface area (Å²) in [7, 11) is 1.49. The number of amides is 3. The Hall–Kier alpha value is -4.54. The molecule has 1 aromatic heterocycles. The summed E-state index contributed by atoms with van der Waals surface area (Å²) >= 11 is 0. The van der Waals surface area contributed by atoms with Gasteiger partial charge < -0.3 is 29.7 Å². The molecule has 0 aliphatic carbocycles. The lowest BCUT2D eigenvalue weighted by Crippen LogP contribution is -2.45. The molecule has 0 spiro atoms. The standard InChI is InChI=1S/C28H31N5O6/c1-18-12-30-33(14-18)10-9-27(35)32-15-22-25(16-32)39-21-6-3-19(4-7-21)13-29-26(34)17-38-24-11-20(28(36)31-22)5-8-23(24)37-2/h3-8,11-12,14,22,25H,9-10,13,15-17H2,1-2H3,(H,29,34)(H,31,36)/t22-,25-/m0/s1. The predicted molar refractivity (Wildman–Crippen MR) is 141 cm³/mol. The van der Waals surface area contributed by atoms with Crippen molar-refractivity contribution in [1.82, 2.24) is 25.3 Å². The molecule has 6 rings (SSSR count). The first-order valence-electron chi connectivity index (χ1n) is 12.8. The van der Waals surface area contributed by atoms with Crippen LogP contribution in [0, 0.1) is 6.92 Å². The van der Waals surface area contributed by atoms with E-state index in [1.54, 1.807) is 27.9 Å². The van der Waals surface area contributed by atoms with Crippen LogP contribution in [0.1, 0.15) is 27.9 Å². The quantitative estimate of drug-likeness (QED) is 0.523. The van der Waals surface area contributed by atoms with Crippen molar-refractivity contribution in [3.63, 3.8) is 0 Å². The third kappa shape index (κ3) is 6.31. The zero-order chi connectivity index (χ0) is 27.4. The van der Waals surface area contributed by atoms with Crippen molar-refractivity contribution >= 4 is 17.7 Å². The van der Waals surface area contributed by atoms with Gasteiger partial charge in [0, 0.05) is 37.8 Å². The summed E-state index contributed by atoms with van der Waals surface area (Å²) in [4.78, 5) is 40.4. The van der Waals surface area contributed by atoms with E-state index < -0.39 is 12.1 Å². The molecule has 1 fully saturated rings. The minimum atomic E-state index is -0.458. The second-order valence-electron chi connectivity index (χ2n) is 9.64. The highest BCUT2D eigenvalue weighted by molar-refractivity contribution is 5.95. The number of hydrogen-bond donors (Lipinski definition) is 2. The summed E-state index contributed by atoms with van der Waals surface area (Å²) < 4.78 is 19.0. The monoisotopic (exact) mass is 533 g/mol. The highest BCUT2D eigenvalue weighted by Gasteiger charge is 2.38. The fourth-order valence-electron chi connectivity index (χ4n) is 4.63. The van der Waals surface area contributed by atoms with E-state index in [9.17, 15) is 14.4 Å². The number of carbonyl (C=O) groups excluding carboxylic acids is 3.